The number of hydrogen-bond donors (Lipinski definition) is 1. The second kappa shape index (κ2) is 8.00. The van der Waals surface area contributed by atoms with Gasteiger partial charge in [0.2, 0.25) is 5.91 Å². The molecule has 0 spiro atoms. The Labute approximate surface area is 184 Å². The lowest BCUT2D eigenvalue weighted by Crippen LogP contribution is -2.15. The highest BCUT2D eigenvalue weighted by Gasteiger charge is 2.21. The highest BCUT2D eigenvalue weighted by atomic mass is 32.2. The first-order valence-electron chi connectivity index (χ1n) is 9.91. The highest BCUT2D eigenvalue weighted by Crippen LogP contribution is 2.34. The summed E-state index contributed by atoms with van der Waals surface area (Å²) in [6.45, 7) is 12.5. The predicted molar refractivity (Wildman–Crippen MR) is 125 cm³/mol. The molecule has 1 N–H and O–H groups in total. The van der Waals surface area contributed by atoms with Gasteiger partial charge in [0.1, 0.15) is 10.7 Å². The summed E-state index contributed by atoms with van der Waals surface area (Å²) in [7, 11) is 0. The Morgan fingerprint density at radius 3 is 2.67 bits per heavy atom. The third kappa shape index (κ3) is 3.58. The van der Waals surface area contributed by atoms with Crippen LogP contribution >= 0.6 is 23.1 Å². The molecule has 0 aliphatic carbocycles. The minimum absolute atomic E-state index is 0.0619. The molecule has 0 bridgehead atoms. The van der Waals surface area contributed by atoms with Crippen LogP contribution in [0.15, 0.2) is 23.4 Å². The Balaban J connectivity index is 1.65. The Morgan fingerprint density at radius 2 is 1.93 bits per heavy atom. The first-order chi connectivity index (χ1) is 14.3. The number of benzene rings is 1. The molecule has 0 saturated carbocycles. The molecule has 3 aromatic heterocycles. The number of anilines is 1. The zero-order valence-electron chi connectivity index (χ0n) is 18.0. The molecule has 0 fully saturated rings. The molecule has 0 radical (unpaired) electrons. The lowest BCUT2D eigenvalue weighted by Gasteiger charge is -2.11. The van der Waals surface area contributed by atoms with Crippen LogP contribution in [-0.4, -0.2) is 31.2 Å². The fourth-order valence-electron chi connectivity index (χ4n) is 3.43. The van der Waals surface area contributed by atoms with E-state index in [1.807, 2.05) is 36.4 Å². The van der Waals surface area contributed by atoms with Gasteiger partial charge in [-0.1, -0.05) is 37.7 Å². The second-order valence-corrected chi connectivity index (χ2v) is 9.96. The first-order valence-corrected chi connectivity index (χ1v) is 11.7. The highest BCUT2D eigenvalue weighted by molar-refractivity contribution is 7.99. The lowest BCUT2D eigenvalue weighted by atomic mass is 10.1. The summed E-state index contributed by atoms with van der Waals surface area (Å²) in [5, 5.41) is 13.7. The molecule has 4 aromatic rings. The van der Waals surface area contributed by atoms with Gasteiger partial charge in [-0.15, -0.1) is 21.5 Å². The molecule has 1 aromatic carbocycles. The minimum Gasteiger partial charge on any atom is -0.325 e. The van der Waals surface area contributed by atoms with E-state index in [0.29, 0.717) is 5.16 Å². The smallest absolute Gasteiger partial charge is 0.234 e. The summed E-state index contributed by atoms with van der Waals surface area (Å²) in [6.07, 6.45) is 0. The van der Waals surface area contributed by atoms with Crippen molar-refractivity contribution >= 4 is 50.6 Å². The average Bonchev–Trinajstić information content (AvgIpc) is 3.24. The van der Waals surface area contributed by atoms with Crippen molar-refractivity contribution in [2.75, 3.05) is 11.1 Å². The second-order valence-electron chi connectivity index (χ2n) is 7.81. The van der Waals surface area contributed by atoms with Gasteiger partial charge in [-0.3, -0.25) is 9.20 Å². The third-order valence-electron chi connectivity index (χ3n) is 5.40. The average molecular weight is 440 g/mol. The molecular formula is C22H25N5OS2. The Bertz CT molecular complexity index is 1270. The van der Waals surface area contributed by atoms with Crippen molar-refractivity contribution in [3.05, 3.63) is 45.6 Å². The summed E-state index contributed by atoms with van der Waals surface area (Å²) in [4.78, 5) is 19.8. The first kappa shape index (κ1) is 20.8. The van der Waals surface area contributed by atoms with E-state index in [1.54, 1.807) is 11.3 Å². The van der Waals surface area contributed by atoms with Crippen LogP contribution in [0.25, 0.3) is 15.9 Å². The van der Waals surface area contributed by atoms with Crippen molar-refractivity contribution in [2.24, 2.45) is 0 Å². The molecule has 156 valence electrons. The largest absolute Gasteiger partial charge is 0.325 e. The predicted octanol–water partition coefficient (Wildman–Crippen LogP) is 5.43. The van der Waals surface area contributed by atoms with Crippen LogP contribution in [0, 0.1) is 27.7 Å². The number of aromatic nitrogens is 4. The summed E-state index contributed by atoms with van der Waals surface area (Å²) >= 11 is 3.08. The van der Waals surface area contributed by atoms with Crippen molar-refractivity contribution in [3.63, 3.8) is 0 Å². The van der Waals surface area contributed by atoms with E-state index in [2.05, 4.69) is 43.2 Å². The number of carbonyl (C=O) groups is 1. The van der Waals surface area contributed by atoms with Crippen LogP contribution in [0.4, 0.5) is 5.69 Å². The maximum Gasteiger partial charge on any atom is 0.234 e. The molecule has 0 unspecified atom stereocenters. The van der Waals surface area contributed by atoms with E-state index >= 15 is 0 Å². The van der Waals surface area contributed by atoms with E-state index in [1.165, 1.54) is 22.2 Å². The van der Waals surface area contributed by atoms with Crippen LogP contribution in [0.1, 0.15) is 47.2 Å². The van der Waals surface area contributed by atoms with Crippen molar-refractivity contribution in [1.29, 1.82) is 0 Å². The fourth-order valence-corrected chi connectivity index (χ4v) is 5.20. The molecule has 6 nitrogen and oxygen atoms in total. The van der Waals surface area contributed by atoms with Gasteiger partial charge in [0, 0.05) is 16.5 Å². The maximum atomic E-state index is 12.6. The molecule has 8 heteroatoms. The van der Waals surface area contributed by atoms with Gasteiger partial charge in [-0.25, -0.2) is 4.98 Å². The van der Waals surface area contributed by atoms with Gasteiger partial charge < -0.3 is 5.32 Å². The number of hydrogen-bond acceptors (Lipinski definition) is 6. The number of amides is 1. The van der Waals surface area contributed by atoms with Crippen molar-refractivity contribution in [1.82, 2.24) is 19.6 Å². The van der Waals surface area contributed by atoms with Crippen LogP contribution in [0.2, 0.25) is 0 Å². The Morgan fingerprint density at radius 1 is 1.17 bits per heavy atom. The number of carbonyl (C=O) groups excluding carboxylic acids is 1. The summed E-state index contributed by atoms with van der Waals surface area (Å²) in [5.74, 6) is 1.32. The van der Waals surface area contributed by atoms with Crippen molar-refractivity contribution < 1.29 is 4.79 Å². The molecule has 1 amide bonds. The number of fused-ring (bicyclic) bond motifs is 3. The molecule has 3 heterocycles. The molecule has 0 atom stereocenters. The van der Waals surface area contributed by atoms with Gasteiger partial charge in [0.15, 0.2) is 10.8 Å². The SMILES string of the molecule is Cc1cccc(NC(=O)CSc2nnc3c4c(C)c(C)sc4nc(C(C)C)n23)c1C. The topological polar surface area (TPSA) is 72.2 Å². The zero-order chi connectivity index (χ0) is 21.6. The van der Waals surface area contributed by atoms with Crippen molar-refractivity contribution in [3.8, 4) is 0 Å². The number of aryl methyl sites for hydroxylation is 3. The van der Waals surface area contributed by atoms with Gasteiger partial charge in [0.05, 0.1) is 11.1 Å². The van der Waals surface area contributed by atoms with Crippen LogP contribution < -0.4 is 5.32 Å². The zero-order valence-corrected chi connectivity index (χ0v) is 19.7. The number of thiophene rings is 1. The van der Waals surface area contributed by atoms with E-state index < -0.39 is 0 Å². The van der Waals surface area contributed by atoms with E-state index in [0.717, 1.165) is 38.5 Å². The number of nitrogens with one attached hydrogen (secondary N) is 1. The van der Waals surface area contributed by atoms with Crippen LogP contribution in [0.5, 0.6) is 0 Å². The molecular weight excluding hydrogens is 414 g/mol. The Kier molecular flexibility index (Phi) is 5.55. The lowest BCUT2D eigenvalue weighted by molar-refractivity contribution is -0.113. The normalized spacial score (nSPS) is 11.7. The molecule has 4 rings (SSSR count). The minimum atomic E-state index is -0.0619. The molecule has 0 aliphatic rings. The van der Waals surface area contributed by atoms with E-state index in [4.69, 9.17) is 4.98 Å². The number of rotatable bonds is 5. The molecule has 0 saturated heterocycles. The van der Waals surface area contributed by atoms with E-state index in [-0.39, 0.29) is 17.6 Å². The monoisotopic (exact) mass is 439 g/mol. The maximum absolute atomic E-state index is 12.6. The fraction of sp³-hybridized carbons (Fsp3) is 0.364. The van der Waals surface area contributed by atoms with Gasteiger partial charge in [-0.05, 0) is 50.5 Å². The molecule has 30 heavy (non-hydrogen) atoms. The molecule has 0 aliphatic heterocycles. The van der Waals surface area contributed by atoms with Gasteiger partial charge in [-0.2, -0.15) is 0 Å². The van der Waals surface area contributed by atoms with Gasteiger partial charge in [0.25, 0.3) is 0 Å². The van der Waals surface area contributed by atoms with E-state index in [9.17, 15) is 4.79 Å². The summed E-state index contributed by atoms with van der Waals surface area (Å²) in [6, 6.07) is 5.92. The summed E-state index contributed by atoms with van der Waals surface area (Å²) < 4.78 is 2.02. The number of nitrogens with zero attached hydrogens (tertiary/aromatic N) is 4. The van der Waals surface area contributed by atoms with Crippen LogP contribution in [-0.2, 0) is 4.79 Å². The quantitative estimate of drug-likeness (QED) is 0.420. The number of thioether (sulfide) groups is 1. The van der Waals surface area contributed by atoms with Crippen LogP contribution in [0.3, 0.4) is 0 Å². The third-order valence-corrected chi connectivity index (χ3v) is 7.43. The Hall–Kier alpha value is -2.45. The standard InChI is InChI=1S/C22H25N5OS2/c1-11(2)19-24-21-18(14(5)15(6)30-21)20-25-26-22(27(19)20)29-10-17(28)23-16-9-7-8-12(3)13(16)4/h7-9,11H,10H2,1-6H3,(H,23,28). The van der Waals surface area contributed by atoms with Crippen molar-refractivity contribution in [2.45, 2.75) is 52.6 Å². The van der Waals surface area contributed by atoms with Gasteiger partial charge >= 0.3 is 0 Å². The summed E-state index contributed by atoms with van der Waals surface area (Å²) in [5.41, 5.74) is 5.10.